The van der Waals surface area contributed by atoms with Crippen LogP contribution in [0, 0.1) is 5.92 Å². The third-order valence-corrected chi connectivity index (χ3v) is 12.0. The number of aliphatic carboxylic acids is 2. The Morgan fingerprint density at radius 2 is 1.34 bits per heavy atom. The van der Waals surface area contributed by atoms with Gasteiger partial charge in [0.15, 0.2) is 5.96 Å². The number of carbonyl (C=O) groups excluding carboxylic acids is 7. The lowest BCUT2D eigenvalue weighted by Gasteiger charge is -2.31. The number of aliphatic imine (C=N–C) groups is 1. The molecule has 3 aromatic rings. The number of aromatic amines is 1. The molecule has 74 heavy (non-hydrogen) atoms. The molecule has 2 heterocycles. The monoisotopic (exact) mass is 1030 g/mol. The van der Waals surface area contributed by atoms with E-state index in [-0.39, 0.29) is 63.3 Å². The summed E-state index contributed by atoms with van der Waals surface area (Å²) in [6, 6.07) is 2.81. The lowest BCUT2D eigenvalue weighted by atomic mass is 9.99. The van der Waals surface area contributed by atoms with Crippen LogP contribution in [0.2, 0.25) is 0 Å². The van der Waals surface area contributed by atoms with Crippen molar-refractivity contribution in [1.29, 1.82) is 0 Å². The molecule has 4 rings (SSSR count). The Morgan fingerprint density at radius 3 is 1.93 bits per heavy atom. The molecule has 17 N–H and O–H groups in total. The second-order valence-electron chi connectivity index (χ2n) is 18.2. The van der Waals surface area contributed by atoms with Gasteiger partial charge in [-0.05, 0) is 61.8 Å². The topological polar surface area (TPSA) is 429 Å². The van der Waals surface area contributed by atoms with Crippen LogP contribution in [0.5, 0.6) is 5.75 Å². The van der Waals surface area contributed by atoms with E-state index in [2.05, 4.69) is 46.9 Å². The van der Waals surface area contributed by atoms with E-state index in [0.29, 0.717) is 23.2 Å². The van der Waals surface area contributed by atoms with Crippen LogP contribution < -0.4 is 49.1 Å². The molecule has 1 saturated heterocycles. The first kappa shape index (κ1) is 58.4. The molecule has 0 aliphatic carbocycles. The standard InChI is InChI=1S/C48H67N13O13/c1-25(2)38(59-41(67)32(11-7-17-53-48(50)51)55-40(66)31(49)22-37(64)65)44(70)56-33(19-28-13-15-30(63)16-14-28)42(68)60-39(26(3)62)45(71)57-34(21-29-23-52-24-54-29)46(72)61-18-8-12-36(61)43(69)58-35(47(73)74)20-27-9-5-4-6-10-27/h4-6,9-10,13-16,23-26,31-36,38-39,62-63H,7-8,11-12,17-22,49H2,1-3H3,(H,52,54)(H,55,66)(H,56,70)(H,57,71)(H,58,69)(H,59,67)(H,60,68)(H,64,65)(H,73,74)(H4,50,51,53)/t26-,31+,32+,33+,34+,35+,36+,38+,39+/m1/s1. The predicted molar refractivity (Wildman–Crippen MR) is 265 cm³/mol. The first-order valence-corrected chi connectivity index (χ1v) is 23.9. The van der Waals surface area contributed by atoms with Crippen LogP contribution in [0.4, 0.5) is 0 Å². The second-order valence-corrected chi connectivity index (χ2v) is 18.2. The number of phenols is 1. The molecule has 0 spiro atoms. The van der Waals surface area contributed by atoms with Crippen LogP contribution in [0.15, 0.2) is 72.1 Å². The third-order valence-electron chi connectivity index (χ3n) is 12.0. The number of carboxylic acids is 2. The minimum Gasteiger partial charge on any atom is -0.508 e. The number of hydrogen-bond donors (Lipinski definition) is 14. The van der Waals surface area contributed by atoms with E-state index < -0.39 is 120 Å². The molecule has 0 bridgehead atoms. The van der Waals surface area contributed by atoms with Crippen molar-refractivity contribution in [2.75, 3.05) is 13.1 Å². The van der Waals surface area contributed by atoms with Crippen molar-refractivity contribution in [1.82, 2.24) is 46.8 Å². The van der Waals surface area contributed by atoms with Crippen LogP contribution in [0.3, 0.4) is 0 Å². The van der Waals surface area contributed by atoms with Crippen LogP contribution >= 0.6 is 0 Å². The lowest BCUT2D eigenvalue weighted by molar-refractivity contribution is -0.145. The molecule has 1 aliphatic rings. The number of nitrogens with one attached hydrogen (secondary N) is 7. The number of amides is 7. The quantitative estimate of drug-likeness (QED) is 0.0196. The van der Waals surface area contributed by atoms with Gasteiger partial charge in [0, 0.05) is 44.2 Å². The molecular weight excluding hydrogens is 967 g/mol. The molecule has 26 nitrogen and oxygen atoms in total. The number of H-pyrrole nitrogens is 1. The Kier molecular flexibility index (Phi) is 22.3. The number of hydrogen-bond acceptors (Lipinski definition) is 14. The Balaban J connectivity index is 1.57. The molecule has 9 atom stereocenters. The summed E-state index contributed by atoms with van der Waals surface area (Å²) in [5.74, 6) is -9.89. The van der Waals surface area contributed by atoms with Crippen LogP contribution in [0.25, 0.3) is 0 Å². The molecular formula is C48H67N13O13. The summed E-state index contributed by atoms with van der Waals surface area (Å²) in [7, 11) is 0. The number of phenolic OH excluding ortho intramolecular Hbond substituents is 1. The average molecular weight is 1030 g/mol. The Hall–Kier alpha value is -8.13. The fourth-order valence-electron chi connectivity index (χ4n) is 8.02. The van der Waals surface area contributed by atoms with E-state index in [1.165, 1.54) is 48.6 Å². The van der Waals surface area contributed by atoms with Gasteiger partial charge in [0.05, 0.1) is 24.9 Å². The van der Waals surface area contributed by atoms with E-state index in [4.69, 9.17) is 22.3 Å². The Morgan fingerprint density at radius 1 is 0.743 bits per heavy atom. The maximum atomic E-state index is 14.4. The molecule has 1 fully saturated rings. The fourth-order valence-corrected chi connectivity index (χ4v) is 8.02. The minimum atomic E-state index is -1.78. The smallest absolute Gasteiger partial charge is 0.326 e. The number of carboxylic acid groups (broad SMARTS) is 2. The molecule has 1 aromatic heterocycles. The van der Waals surface area contributed by atoms with Crippen LogP contribution in [-0.4, -0.2) is 162 Å². The minimum absolute atomic E-state index is 0.0262. The number of benzene rings is 2. The SMILES string of the molecule is CC(C)[C@H](NC(=O)[C@H](CCCN=C(N)N)NC(=O)[C@@H](N)CC(=O)O)C(=O)N[C@@H](Cc1ccc(O)cc1)C(=O)N[C@H](C(=O)N[C@@H](Cc1cnc[nH]1)C(=O)N1CCC[C@H]1C(=O)N[C@@H](Cc1ccccc1)C(=O)O)[C@@H](C)O. The van der Waals surface area contributed by atoms with Crippen molar-refractivity contribution in [2.24, 2.45) is 28.1 Å². The van der Waals surface area contributed by atoms with Gasteiger partial charge in [-0.2, -0.15) is 0 Å². The van der Waals surface area contributed by atoms with Crippen molar-refractivity contribution >= 4 is 59.2 Å². The number of imidazole rings is 1. The highest BCUT2D eigenvalue weighted by Gasteiger charge is 2.41. The lowest BCUT2D eigenvalue weighted by Crippen LogP contribution is -2.62. The third kappa shape index (κ3) is 18.2. The average Bonchev–Trinajstić information content (AvgIpc) is 4.06. The summed E-state index contributed by atoms with van der Waals surface area (Å²) >= 11 is 0. The highest BCUT2D eigenvalue weighted by molar-refractivity contribution is 5.98. The summed E-state index contributed by atoms with van der Waals surface area (Å²) in [6.45, 7) is 4.48. The van der Waals surface area contributed by atoms with Gasteiger partial charge in [-0.3, -0.25) is 43.3 Å². The van der Waals surface area contributed by atoms with Crippen molar-refractivity contribution in [2.45, 2.75) is 127 Å². The number of aromatic nitrogens is 2. The van der Waals surface area contributed by atoms with Crippen molar-refractivity contribution < 1.29 is 63.6 Å². The first-order valence-electron chi connectivity index (χ1n) is 23.9. The van der Waals surface area contributed by atoms with E-state index >= 15 is 0 Å². The molecule has 7 amide bonds. The Labute approximate surface area is 426 Å². The summed E-state index contributed by atoms with van der Waals surface area (Å²) in [6.07, 6.45) is 0.511. The van der Waals surface area contributed by atoms with Gasteiger partial charge in [-0.1, -0.05) is 56.3 Å². The number of likely N-dealkylation sites (tertiary alicyclic amines) is 1. The largest absolute Gasteiger partial charge is 0.508 e. The highest BCUT2D eigenvalue weighted by Crippen LogP contribution is 2.21. The molecule has 0 radical (unpaired) electrons. The van der Waals surface area contributed by atoms with Crippen LogP contribution in [0.1, 0.15) is 69.7 Å². The van der Waals surface area contributed by atoms with Crippen molar-refractivity contribution in [3.05, 3.63) is 83.9 Å². The van der Waals surface area contributed by atoms with Crippen LogP contribution in [-0.2, 0) is 62.4 Å². The number of carbonyl (C=O) groups is 9. The maximum Gasteiger partial charge on any atom is 0.326 e. The zero-order valence-electron chi connectivity index (χ0n) is 41.2. The van der Waals surface area contributed by atoms with Gasteiger partial charge in [0.1, 0.15) is 48.0 Å². The number of guanidine groups is 1. The zero-order valence-corrected chi connectivity index (χ0v) is 41.2. The molecule has 2 aromatic carbocycles. The second kappa shape index (κ2) is 28.2. The van der Waals surface area contributed by atoms with Gasteiger partial charge < -0.3 is 79.4 Å². The van der Waals surface area contributed by atoms with Crippen molar-refractivity contribution in [3.63, 3.8) is 0 Å². The summed E-state index contributed by atoms with van der Waals surface area (Å²) in [5, 5.41) is 55.3. The number of aliphatic hydroxyl groups excluding tert-OH is 1. The highest BCUT2D eigenvalue weighted by atomic mass is 16.4. The maximum absolute atomic E-state index is 14.4. The van der Waals surface area contributed by atoms with Gasteiger partial charge in [-0.25, -0.2) is 9.78 Å². The Bertz CT molecular complexity index is 2430. The molecule has 0 unspecified atom stereocenters. The normalized spacial score (nSPS) is 16.4. The van der Waals surface area contributed by atoms with Gasteiger partial charge >= 0.3 is 11.9 Å². The number of rotatable bonds is 28. The molecule has 0 saturated carbocycles. The number of aliphatic hydroxyl groups is 1. The zero-order chi connectivity index (χ0) is 54.6. The predicted octanol–water partition coefficient (Wildman–Crippen LogP) is -2.98. The number of nitrogens with zero attached hydrogens (tertiary/aromatic N) is 3. The summed E-state index contributed by atoms with van der Waals surface area (Å²) in [4.78, 5) is 133. The van der Waals surface area contributed by atoms with E-state index in [1.807, 2.05) is 0 Å². The van der Waals surface area contributed by atoms with E-state index in [1.54, 1.807) is 44.2 Å². The summed E-state index contributed by atoms with van der Waals surface area (Å²) in [5.41, 5.74) is 18.0. The van der Waals surface area contributed by atoms with Gasteiger partial charge in [0.25, 0.3) is 0 Å². The molecule has 26 heteroatoms. The molecule has 402 valence electrons. The van der Waals surface area contributed by atoms with E-state index in [0.717, 1.165) is 0 Å². The van der Waals surface area contributed by atoms with E-state index in [9.17, 15) is 58.5 Å². The van der Waals surface area contributed by atoms with Gasteiger partial charge in [0.2, 0.25) is 41.4 Å². The number of aromatic hydroxyl groups is 1. The van der Waals surface area contributed by atoms with Gasteiger partial charge in [-0.15, -0.1) is 0 Å². The molecule has 1 aliphatic heterocycles. The van der Waals surface area contributed by atoms with Crippen molar-refractivity contribution in [3.8, 4) is 5.75 Å². The first-order chi connectivity index (χ1) is 35.0. The summed E-state index contributed by atoms with van der Waals surface area (Å²) < 4.78 is 0. The number of nitrogens with two attached hydrogens (primary N) is 3. The fraction of sp³-hybridized carbons (Fsp3) is 0.479.